The molecule has 0 unspecified atom stereocenters. The number of carbonyl (C=O) groups excluding carboxylic acids is 2. The maximum absolute atomic E-state index is 13.1. The van der Waals surface area contributed by atoms with Crippen LogP contribution in [0.15, 0.2) is 72.8 Å². The molecule has 8 heteroatoms. The van der Waals surface area contributed by atoms with Crippen molar-refractivity contribution < 1.29 is 14.3 Å². The zero-order valence-electron chi connectivity index (χ0n) is 22.8. The molecular weight excluding hydrogens is 490 g/mol. The molecule has 1 N–H and O–H groups in total. The van der Waals surface area contributed by atoms with E-state index in [1.807, 2.05) is 76.2 Å². The van der Waals surface area contributed by atoms with Gasteiger partial charge in [0.15, 0.2) is 5.69 Å². The second kappa shape index (κ2) is 10.7. The molecule has 0 radical (unpaired) electrons. The number of ether oxygens (including phenoxy) is 1. The Bertz CT molecular complexity index is 1500. The van der Waals surface area contributed by atoms with E-state index in [1.165, 1.54) is 0 Å². The van der Waals surface area contributed by atoms with Crippen molar-refractivity contribution in [2.45, 2.75) is 52.8 Å². The van der Waals surface area contributed by atoms with Crippen molar-refractivity contribution in [1.29, 1.82) is 0 Å². The topological polar surface area (TPSA) is 89.3 Å². The zero-order chi connectivity index (χ0) is 27.6. The summed E-state index contributed by atoms with van der Waals surface area (Å²) in [6, 6.07) is 24.2. The van der Waals surface area contributed by atoms with Crippen LogP contribution in [0.25, 0.3) is 11.1 Å². The van der Waals surface area contributed by atoms with Crippen molar-refractivity contribution >= 4 is 17.7 Å². The fourth-order valence-electron chi connectivity index (χ4n) is 4.74. The average Bonchev–Trinajstić information content (AvgIpc) is 3.28. The van der Waals surface area contributed by atoms with Crippen LogP contribution in [-0.4, -0.2) is 44.0 Å². The highest BCUT2D eigenvalue weighted by atomic mass is 16.6. The Morgan fingerprint density at radius 3 is 2.49 bits per heavy atom. The van der Waals surface area contributed by atoms with E-state index in [9.17, 15) is 9.59 Å². The van der Waals surface area contributed by atoms with Gasteiger partial charge in [0.05, 0.1) is 12.2 Å². The minimum Gasteiger partial charge on any atom is -0.444 e. The number of hydrogen-bond acceptors (Lipinski definition) is 5. The summed E-state index contributed by atoms with van der Waals surface area (Å²) in [6.07, 6.45) is 0.379. The molecule has 5 rings (SSSR count). The van der Waals surface area contributed by atoms with Crippen LogP contribution in [0.1, 0.15) is 53.6 Å². The normalized spacial score (nSPS) is 13.1. The van der Waals surface area contributed by atoms with E-state index in [1.54, 1.807) is 9.58 Å². The Morgan fingerprint density at radius 2 is 1.72 bits per heavy atom. The molecule has 0 saturated heterocycles. The van der Waals surface area contributed by atoms with Crippen molar-refractivity contribution in [3.05, 3.63) is 101 Å². The molecule has 1 aliphatic rings. The van der Waals surface area contributed by atoms with Gasteiger partial charge in [0, 0.05) is 18.8 Å². The molecule has 2 heterocycles. The standard InChI is InChI=1S/C31H33N5O3/c1-21-28(33-34-36(21)20-25-12-8-9-13-27(25)22-10-6-5-7-11-22)29(37)32-26-15-14-24-19-35(17-16-23(24)18-26)30(38)39-31(2,3)4/h5-15,18H,16-17,19-20H2,1-4H3,(H,32,37). The quantitative estimate of drug-likeness (QED) is 0.355. The zero-order valence-corrected chi connectivity index (χ0v) is 22.8. The van der Waals surface area contributed by atoms with Crippen molar-refractivity contribution in [1.82, 2.24) is 19.9 Å². The van der Waals surface area contributed by atoms with Crippen LogP contribution in [0.4, 0.5) is 10.5 Å². The number of fused-ring (bicyclic) bond motifs is 1. The van der Waals surface area contributed by atoms with Gasteiger partial charge in [0.2, 0.25) is 0 Å². The molecule has 0 fully saturated rings. The Hall–Kier alpha value is -4.46. The first-order valence-corrected chi connectivity index (χ1v) is 13.1. The van der Waals surface area contributed by atoms with Crippen LogP contribution >= 0.6 is 0 Å². The highest BCUT2D eigenvalue weighted by Crippen LogP contribution is 2.26. The van der Waals surface area contributed by atoms with Crippen LogP contribution in [-0.2, 0) is 24.2 Å². The summed E-state index contributed by atoms with van der Waals surface area (Å²) >= 11 is 0. The van der Waals surface area contributed by atoms with Crippen LogP contribution in [0, 0.1) is 6.92 Å². The predicted molar refractivity (Wildman–Crippen MR) is 150 cm³/mol. The van der Waals surface area contributed by atoms with E-state index in [0.29, 0.717) is 43.1 Å². The largest absolute Gasteiger partial charge is 0.444 e. The van der Waals surface area contributed by atoms with Gasteiger partial charge in [-0.05, 0) is 74.1 Å². The van der Waals surface area contributed by atoms with Gasteiger partial charge in [-0.15, -0.1) is 5.10 Å². The third-order valence-electron chi connectivity index (χ3n) is 6.75. The second-order valence-electron chi connectivity index (χ2n) is 10.8. The Kier molecular flexibility index (Phi) is 7.19. The minimum absolute atomic E-state index is 0.293. The van der Waals surface area contributed by atoms with E-state index in [4.69, 9.17) is 4.74 Å². The van der Waals surface area contributed by atoms with Crippen LogP contribution < -0.4 is 5.32 Å². The first-order valence-electron chi connectivity index (χ1n) is 13.1. The summed E-state index contributed by atoms with van der Waals surface area (Å²) in [5, 5.41) is 11.5. The monoisotopic (exact) mass is 523 g/mol. The second-order valence-corrected chi connectivity index (χ2v) is 10.8. The van der Waals surface area contributed by atoms with Crippen molar-refractivity contribution in [2.24, 2.45) is 0 Å². The number of nitrogens with one attached hydrogen (secondary N) is 1. The summed E-state index contributed by atoms with van der Waals surface area (Å²) in [4.78, 5) is 27.3. The van der Waals surface area contributed by atoms with Crippen LogP contribution in [0.5, 0.6) is 0 Å². The molecule has 0 bridgehead atoms. The summed E-state index contributed by atoms with van der Waals surface area (Å²) in [7, 11) is 0. The van der Waals surface area contributed by atoms with E-state index in [-0.39, 0.29) is 12.0 Å². The lowest BCUT2D eigenvalue weighted by Crippen LogP contribution is -2.39. The number of benzene rings is 3. The van der Waals surface area contributed by atoms with Gasteiger partial charge in [0.1, 0.15) is 5.60 Å². The Balaban J connectivity index is 1.27. The first-order chi connectivity index (χ1) is 18.7. The molecule has 0 atom stereocenters. The van der Waals surface area contributed by atoms with Gasteiger partial charge in [-0.1, -0.05) is 65.9 Å². The number of carbonyl (C=O) groups is 2. The van der Waals surface area contributed by atoms with Crippen LogP contribution in [0.3, 0.4) is 0 Å². The van der Waals surface area contributed by atoms with Gasteiger partial charge >= 0.3 is 6.09 Å². The number of anilines is 1. The van der Waals surface area contributed by atoms with Gasteiger partial charge in [-0.3, -0.25) is 4.79 Å². The van der Waals surface area contributed by atoms with Gasteiger partial charge in [-0.25, -0.2) is 9.48 Å². The number of hydrogen-bond donors (Lipinski definition) is 1. The number of aromatic nitrogens is 3. The minimum atomic E-state index is -0.531. The SMILES string of the molecule is Cc1c(C(=O)Nc2ccc3c(c2)CCN(C(=O)OC(C)(C)C)C3)nnn1Cc1ccccc1-c1ccccc1. The van der Waals surface area contributed by atoms with Crippen molar-refractivity contribution in [3.63, 3.8) is 0 Å². The van der Waals surface area contributed by atoms with E-state index in [2.05, 4.69) is 39.9 Å². The molecule has 3 aromatic carbocycles. The summed E-state index contributed by atoms with van der Waals surface area (Å²) in [5.74, 6) is -0.304. The van der Waals surface area contributed by atoms with Gasteiger partial charge < -0.3 is 15.0 Å². The molecule has 1 aliphatic heterocycles. The maximum Gasteiger partial charge on any atom is 0.410 e. The summed E-state index contributed by atoms with van der Waals surface area (Å²) < 4.78 is 7.27. The Labute approximate surface area is 228 Å². The third kappa shape index (κ3) is 6.00. The molecule has 200 valence electrons. The maximum atomic E-state index is 13.1. The predicted octanol–water partition coefficient (Wildman–Crippen LogP) is 5.85. The fraction of sp³-hybridized carbons (Fsp3) is 0.290. The smallest absolute Gasteiger partial charge is 0.410 e. The van der Waals surface area contributed by atoms with E-state index < -0.39 is 5.60 Å². The highest BCUT2D eigenvalue weighted by Gasteiger charge is 2.26. The molecule has 0 aliphatic carbocycles. The molecule has 2 amide bonds. The van der Waals surface area contributed by atoms with E-state index >= 15 is 0 Å². The molecule has 0 spiro atoms. The number of nitrogens with zero attached hydrogens (tertiary/aromatic N) is 4. The lowest BCUT2D eigenvalue weighted by atomic mass is 9.99. The molecule has 1 aromatic heterocycles. The lowest BCUT2D eigenvalue weighted by molar-refractivity contribution is 0.0224. The van der Waals surface area contributed by atoms with Gasteiger partial charge in [-0.2, -0.15) is 0 Å². The highest BCUT2D eigenvalue weighted by molar-refractivity contribution is 6.03. The van der Waals surface area contributed by atoms with Crippen molar-refractivity contribution in [3.8, 4) is 11.1 Å². The third-order valence-corrected chi connectivity index (χ3v) is 6.75. The molecular formula is C31H33N5O3. The average molecular weight is 524 g/mol. The summed E-state index contributed by atoms with van der Waals surface area (Å²) in [5.41, 5.74) is 6.64. The van der Waals surface area contributed by atoms with Gasteiger partial charge in [0.25, 0.3) is 5.91 Å². The lowest BCUT2D eigenvalue weighted by Gasteiger charge is -2.31. The van der Waals surface area contributed by atoms with Crippen molar-refractivity contribution in [2.75, 3.05) is 11.9 Å². The molecule has 39 heavy (non-hydrogen) atoms. The fourth-order valence-corrected chi connectivity index (χ4v) is 4.74. The van der Waals surface area contributed by atoms with Crippen LogP contribution in [0.2, 0.25) is 0 Å². The summed E-state index contributed by atoms with van der Waals surface area (Å²) in [6.45, 7) is 9.00. The Morgan fingerprint density at radius 1 is 0.974 bits per heavy atom. The first kappa shape index (κ1) is 26.2. The number of amides is 2. The molecule has 0 saturated carbocycles. The van der Waals surface area contributed by atoms with E-state index in [0.717, 1.165) is 27.8 Å². The molecule has 4 aromatic rings. The molecule has 8 nitrogen and oxygen atoms in total. The number of rotatable bonds is 5.